The molecule has 6 aromatic carbocycles. The molecule has 27 nitrogen and oxygen atoms in total. The van der Waals surface area contributed by atoms with E-state index in [1.807, 2.05) is 41.5 Å². The maximum atomic E-state index is 13.7. The number of aromatic amines is 2. The molecule has 12 rings (SSSR count). The highest BCUT2D eigenvalue weighted by Crippen LogP contribution is 2.48. The van der Waals surface area contributed by atoms with Crippen LogP contribution in [-0.2, 0) is 37.9 Å². The van der Waals surface area contributed by atoms with E-state index in [9.17, 15) is 33.6 Å². The number of nitrogen functional groups attached to an aromatic ring is 2. The van der Waals surface area contributed by atoms with Gasteiger partial charge in [0.05, 0.1) is 33.4 Å². The summed E-state index contributed by atoms with van der Waals surface area (Å²) < 4.78 is 51.2. The Labute approximate surface area is 566 Å². The first-order valence-electron chi connectivity index (χ1n) is 30.0. The summed E-state index contributed by atoms with van der Waals surface area (Å²) in [7, 11) is 0. The summed E-state index contributed by atoms with van der Waals surface area (Å²) in [6.45, 7) is 13.6. The summed E-state index contributed by atoms with van der Waals surface area (Å²) in [4.78, 5) is 99.7. The quantitative estimate of drug-likeness (QED) is 0.0397. The van der Waals surface area contributed by atoms with E-state index in [0.717, 1.165) is 37.9 Å². The summed E-state index contributed by atoms with van der Waals surface area (Å²) in [5.74, 6) is -4.48. The van der Waals surface area contributed by atoms with Gasteiger partial charge in [0.2, 0.25) is 23.2 Å². The molecule has 0 aliphatic carbocycles. The van der Waals surface area contributed by atoms with Crippen molar-refractivity contribution in [2.45, 2.75) is 118 Å². The molecule has 2 saturated heterocycles. The first kappa shape index (κ1) is 70.9. The third-order valence-electron chi connectivity index (χ3n) is 16.2. The van der Waals surface area contributed by atoms with Crippen LogP contribution in [0.25, 0.3) is 11.3 Å². The van der Waals surface area contributed by atoms with Gasteiger partial charge in [0, 0.05) is 0 Å². The average Bonchev–Trinajstić information content (AvgIpc) is 1.58. The molecule has 2 aliphatic heterocycles. The predicted octanol–water partition coefficient (Wildman–Crippen LogP) is 9.56. The zero-order valence-corrected chi connectivity index (χ0v) is 53.8. The second kappa shape index (κ2) is 29.3. The van der Waals surface area contributed by atoms with Gasteiger partial charge in [-0.15, -0.1) is 25.5 Å². The summed E-state index contributed by atoms with van der Waals surface area (Å²) >= 11 is 5.33. The van der Waals surface area contributed by atoms with Crippen LogP contribution in [0.3, 0.4) is 0 Å². The number of hydrogen-bond acceptors (Lipinski definition) is 24. The summed E-state index contributed by atoms with van der Waals surface area (Å²) in [5.41, 5.74) is 14.7. The van der Waals surface area contributed by atoms with Gasteiger partial charge < -0.3 is 49.4 Å². The minimum Gasteiger partial charge on any atom is -0.459 e. The molecule has 0 amide bonds. The molecular formula is C70H72N12O15S. The van der Waals surface area contributed by atoms with Crippen molar-refractivity contribution < 1.29 is 66.7 Å². The Hall–Kier alpha value is -11.4. The number of aromatic nitrogens is 10. The fourth-order valence-corrected chi connectivity index (χ4v) is 11.0. The van der Waals surface area contributed by atoms with Crippen molar-refractivity contribution in [2.75, 3.05) is 24.7 Å². The first-order chi connectivity index (χ1) is 45.8. The number of nitrogens with two attached hydrogens (primary N) is 2. The van der Waals surface area contributed by atoms with Crippen molar-refractivity contribution in [3.8, 4) is 0 Å². The molecule has 0 bridgehead atoms. The summed E-state index contributed by atoms with van der Waals surface area (Å²) in [6, 6.07) is 40.5. The van der Waals surface area contributed by atoms with Gasteiger partial charge in [-0.3, -0.25) is 14.9 Å². The average molecular weight is 1350 g/mol. The lowest BCUT2D eigenvalue weighted by molar-refractivity contribution is -0.0909. The maximum absolute atomic E-state index is 13.7. The van der Waals surface area contributed by atoms with E-state index in [1.54, 1.807) is 153 Å². The lowest BCUT2D eigenvalue weighted by Crippen LogP contribution is -2.50. The molecular weight excluding hydrogens is 1280 g/mol. The van der Waals surface area contributed by atoms with Crippen molar-refractivity contribution >= 4 is 71.2 Å². The largest absolute Gasteiger partial charge is 0.459 e. The van der Waals surface area contributed by atoms with Crippen LogP contribution >= 0.6 is 12.2 Å². The van der Waals surface area contributed by atoms with Gasteiger partial charge in [-0.1, -0.05) is 133 Å². The SMILES string of the molecule is C.C.Cc1ccc(C(=O)OC[C@H]2O[C@@H](c3nnc4c(=O)[nH]c(N)nn34)[C@](C)(OC(=O)c3ccc(C)cc3)[C@@H]2OC(=O)c2ccc(C)cc2)cc1.Cc1ccc(C(=O)OC[C@H]2O[C@@H](c3nnc4c(=S)nc(N)[nH]n34)[C@](C)(OC(=O)c3ccc(C)cc3)[C@@H]2OC(=O)c2ccc(C)cc2)cc1. The van der Waals surface area contributed by atoms with Crippen molar-refractivity contribution in [1.29, 1.82) is 0 Å². The Balaban J connectivity index is 0.000000225. The van der Waals surface area contributed by atoms with Crippen LogP contribution in [-0.4, -0.2) is 134 Å². The second-order valence-electron chi connectivity index (χ2n) is 23.6. The molecule has 0 spiro atoms. The number of fused-ring (bicyclic) bond motifs is 2. The number of aryl methyl sites for hydroxylation is 6. The molecule has 508 valence electrons. The number of carbonyl (C=O) groups excluding carboxylic acids is 6. The molecule has 2 fully saturated rings. The van der Waals surface area contributed by atoms with E-state index in [-0.39, 0.29) is 83.2 Å². The molecule has 8 atom stereocenters. The minimum atomic E-state index is -1.84. The zero-order valence-electron chi connectivity index (χ0n) is 53.0. The highest BCUT2D eigenvalue weighted by molar-refractivity contribution is 7.71. The molecule has 10 aromatic rings. The second-order valence-corrected chi connectivity index (χ2v) is 24.0. The van der Waals surface area contributed by atoms with Gasteiger partial charge in [0.1, 0.15) is 25.4 Å². The van der Waals surface area contributed by atoms with Gasteiger partial charge in [-0.05, 0) is 128 Å². The number of H-pyrrole nitrogens is 2. The van der Waals surface area contributed by atoms with Crippen LogP contribution in [0.15, 0.2) is 150 Å². The van der Waals surface area contributed by atoms with Gasteiger partial charge in [0.15, 0.2) is 51.9 Å². The van der Waals surface area contributed by atoms with Crippen LogP contribution in [0.4, 0.5) is 11.9 Å². The smallest absolute Gasteiger partial charge is 0.338 e. The number of nitrogens with zero attached hydrogens (tertiary/aromatic N) is 8. The Morgan fingerprint density at radius 1 is 0.480 bits per heavy atom. The maximum Gasteiger partial charge on any atom is 0.338 e. The van der Waals surface area contributed by atoms with Crippen LogP contribution in [0.1, 0.15) is 148 Å². The molecule has 0 radical (unpaired) electrons. The number of hydrogen-bond donors (Lipinski definition) is 4. The van der Waals surface area contributed by atoms with Gasteiger partial charge in [-0.2, -0.15) is 9.50 Å². The monoisotopic (exact) mass is 1350 g/mol. The zero-order chi connectivity index (χ0) is 68.3. The van der Waals surface area contributed by atoms with Crippen LogP contribution in [0, 0.1) is 46.2 Å². The Morgan fingerprint density at radius 2 is 0.806 bits per heavy atom. The van der Waals surface area contributed by atoms with Gasteiger partial charge in [-0.25, -0.2) is 33.3 Å². The molecule has 0 unspecified atom stereocenters. The third kappa shape index (κ3) is 15.0. The highest BCUT2D eigenvalue weighted by Gasteiger charge is 2.63. The molecule has 0 saturated carbocycles. The number of carbonyl (C=O) groups is 6. The number of rotatable bonds is 16. The fourth-order valence-electron chi connectivity index (χ4n) is 10.8. The fraction of sp³-hybridized carbons (Fsp3) is 0.286. The summed E-state index contributed by atoms with van der Waals surface area (Å²) in [5, 5.41) is 23.5. The minimum absolute atomic E-state index is 0. The third-order valence-corrected chi connectivity index (χ3v) is 16.4. The number of benzene rings is 6. The van der Waals surface area contributed by atoms with Crippen LogP contribution in [0.2, 0.25) is 0 Å². The van der Waals surface area contributed by atoms with E-state index in [2.05, 4.69) is 40.6 Å². The van der Waals surface area contributed by atoms with Gasteiger partial charge in [0.25, 0.3) is 5.56 Å². The molecule has 4 aromatic heterocycles. The van der Waals surface area contributed by atoms with E-state index in [1.165, 1.54) is 11.4 Å². The van der Waals surface area contributed by atoms with Crippen molar-refractivity contribution in [3.05, 3.63) is 239 Å². The number of nitrogens with one attached hydrogen (secondary N) is 2. The topological polar surface area (TPSA) is 363 Å². The lowest BCUT2D eigenvalue weighted by Gasteiger charge is -2.33. The number of ether oxygens (including phenoxy) is 8. The van der Waals surface area contributed by atoms with Crippen molar-refractivity contribution in [3.63, 3.8) is 0 Å². The first-order valence-corrected chi connectivity index (χ1v) is 30.4. The predicted molar refractivity (Wildman–Crippen MR) is 359 cm³/mol. The molecule has 2 aliphatic rings. The normalized spacial score (nSPS) is 20.0. The van der Waals surface area contributed by atoms with E-state index in [0.29, 0.717) is 11.1 Å². The van der Waals surface area contributed by atoms with E-state index < -0.39 is 95.8 Å². The van der Waals surface area contributed by atoms with Gasteiger partial charge >= 0.3 is 35.8 Å². The van der Waals surface area contributed by atoms with Crippen LogP contribution in [0.5, 0.6) is 0 Å². The standard InChI is InChI=1S/C34H32N6O8.C34H32N6O7S.2CH4/c1-18-5-11-21(12-6-18)30(42)45-17-24-25(47-31(43)22-13-7-19(2)8-14-22)34(4,48-32(44)23-15-9-20(3)10-16-23)26(46-24)27-37-38-28-29(41)36-33(35)39-40(27)28;1-18-5-11-21(12-6-18)30(41)44-17-24-25(46-31(42)22-13-7-19(2)8-14-22)34(4,47-32(43)23-15-9-20(3)10-16-23)26(45-24)27-37-38-28-29(48)36-33(35)39-40(27)28;;/h5-16,24-26H,17H2,1-4H3,(H3,35,36,39,41);5-16,24-26H,17H2,1-4H3,(H3,35,36,39,48);2*1H4/t2*24-,25-,26+,34-;;/m11../s1. The molecule has 6 N–H and O–H groups in total. The Morgan fingerprint density at radius 3 is 1.18 bits per heavy atom. The van der Waals surface area contributed by atoms with E-state index in [4.69, 9.17) is 61.6 Å². The highest BCUT2D eigenvalue weighted by atomic mass is 32.1. The Kier molecular flexibility index (Phi) is 21.2. The number of esters is 6. The number of anilines is 2. The Bertz CT molecular complexity index is 4420. The molecule has 98 heavy (non-hydrogen) atoms. The molecule has 28 heteroatoms. The summed E-state index contributed by atoms with van der Waals surface area (Å²) in [6.07, 6.45) is -7.61. The van der Waals surface area contributed by atoms with Crippen molar-refractivity contribution in [2.24, 2.45) is 0 Å². The van der Waals surface area contributed by atoms with E-state index >= 15 is 0 Å². The molecule has 6 heterocycles. The van der Waals surface area contributed by atoms with Crippen molar-refractivity contribution in [1.82, 2.24) is 49.6 Å². The lowest BCUT2D eigenvalue weighted by atomic mass is 9.91. The van der Waals surface area contributed by atoms with Crippen LogP contribution < -0.4 is 17.0 Å².